The molecule has 0 aliphatic carbocycles. The maximum Gasteiger partial charge on any atom is 0.169 e. The molecule has 0 radical (unpaired) electrons. The monoisotopic (exact) mass is 246 g/mol. The van der Waals surface area contributed by atoms with E-state index in [-0.39, 0.29) is 11.3 Å². The second-order valence-corrected chi connectivity index (χ2v) is 3.59. The third-order valence-electron chi connectivity index (χ3n) is 2.33. The predicted molar refractivity (Wildman–Crippen MR) is 64.9 cm³/mol. The lowest BCUT2D eigenvalue weighted by atomic mass is 10.2. The topological polar surface area (TPSA) is 35.5 Å². The molecule has 0 heterocycles. The van der Waals surface area contributed by atoms with Crippen LogP contribution in [0.1, 0.15) is 10.4 Å². The van der Waals surface area contributed by atoms with Gasteiger partial charge in [0, 0.05) is 11.6 Å². The summed E-state index contributed by atoms with van der Waals surface area (Å²) in [6.45, 7) is 0. The van der Waals surface area contributed by atoms with Crippen LogP contribution in [0.2, 0.25) is 0 Å². The largest absolute Gasteiger partial charge is 0.493 e. The van der Waals surface area contributed by atoms with E-state index in [0.29, 0.717) is 17.8 Å². The summed E-state index contributed by atoms with van der Waals surface area (Å²) in [6, 6.07) is 10.8. The standard InChI is InChI=1S/C14H11FO3/c1-17-13-4-2-3-5-14(13)18-12-7-10(9-16)6-11(15)8-12/h2-9H,1H3. The van der Waals surface area contributed by atoms with E-state index in [1.807, 2.05) is 0 Å². The Morgan fingerprint density at radius 1 is 1.11 bits per heavy atom. The van der Waals surface area contributed by atoms with Gasteiger partial charge in [0.1, 0.15) is 17.9 Å². The normalized spacial score (nSPS) is 9.89. The third-order valence-corrected chi connectivity index (χ3v) is 2.33. The molecular weight excluding hydrogens is 235 g/mol. The summed E-state index contributed by atoms with van der Waals surface area (Å²) in [4.78, 5) is 10.6. The molecule has 0 aliphatic heterocycles. The molecular formula is C14H11FO3. The van der Waals surface area contributed by atoms with Crippen molar-refractivity contribution in [1.82, 2.24) is 0 Å². The van der Waals surface area contributed by atoms with Crippen molar-refractivity contribution in [3.63, 3.8) is 0 Å². The van der Waals surface area contributed by atoms with Crippen molar-refractivity contribution in [3.05, 3.63) is 53.8 Å². The van der Waals surface area contributed by atoms with Gasteiger partial charge in [0.05, 0.1) is 7.11 Å². The van der Waals surface area contributed by atoms with Gasteiger partial charge >= 0.3 is 0 Å². The Balaban J connectivity index is 2.33. The minimum absolute atomic E-state index is 0.222. The zero-order valence-corrected chi connectivity index (χ0v) is 9.72. The van der Waals surface area contributed by atoms with Crippen molar-refractivity contribution >= 4 is 6.29 Å². The van der Waals surface area contributed by atoms with E-state index in [2.05, 4.69) is 0 Å². The molecule has 0 bridgehead atoms. The summed E-state index contributed by atoms with van der Waals surface area (Å²) in [5.74, 6) is 0.725. The number of hydrogen-bond donors (Lipinski definition) is 0. The van der Waals surface area contributed by atoms with Gasteiger partial charge in [-0.15, -0.1) is 0 Å². The van der Waals surface area contributed by atoms with E-state index in [1.54, 1.807) is 24.3 Å². The zero-order chi connectivity index (χ0) is 13.0. The van der Waals surface area contributed by atoms with Crippen LogP contribution >= 0.6 is 0 Å². The molecule has 0 unspecified atom stereocenters. The zero-order valence-electron chi connectivity index (χ0n) is 9.72. The SMILES string of the molecule is COc1ccccc1Oc1cc(F)cc(C=O)c1. The van der Waals surface area contributed by atoms with Crippen LogP contribution in [-0.2, 0) is 0 Å². The Kier molecular flexibility index (Phi) is 3.57. The van der Waals surface area contributed by atoms with Crippen LogP contribution in [0.15, 0.2) is 42.5 Å². The maximum absolute atomic E-state index is 13.2. The lowest BCUT2D eigenvalue weighted by Gasteiger charge is -2.10. The summed E-state index contributed by atoms with van der Waals surface area (Å²) in [5, 5.41) is 0. The Morgan fingerprint density at radius 3 is 2.50 bits per heavy atom. The predicted octanol–water partition coefficient (Wildman–Crippen LogP) is 3.44. The first-order valence-corrected chi connectivity index (χ1v) is 5.29. The fraction of sp³-hybridized carbons (Fsp3) is 0.0714. The van der Waals surface area contributed by atoms with E-state index in [4.69, 9.17) is 9.47 Å². The molecule has 92 valence electrons. The number of para-hydroxylation sites is 2. The quantitative estimate of drug-likeness (QED) is 0.775. The maximum atomic E-state index is 13.2. The number of halogens is 1. The van der Waals surface area contributed by atoms with Crippen LogP contribution in [0, 0.1) is 5.82 Å². The fourth-order valence-corrected chi connectivity index (χ4v) is 1.54. The highest BCUT2D eigenvalue weighted by Gasteiger charge is 2.06. The molecule has 0 saturated carbocycles. The van der Waals surface area contributed by atoms with E-state index >= 15 is 0 Å². The van der Waals surface area contributed by atoms with Crippen molar-refractivity contribution in [2.24, 2.45) is 0 Å². The van der Waals surface area contributed by atoms with Crippen molar-refractivity contribution in [1.29, 1.82) is 0 Å². The van der Waals surface area contributed by atoms with Crippen molar-refractivity contribution in [2.75, 3.05) is 7.11 Å². The molecule has 0 N–H and O–H groups in total. The van der Waals surface area contributed by atoms with Crippen molar-refractivity contribution in [2.45, 2.75) is 0 Å². The molecule has 0 amide bonds. The van der Waals surface area contributed by atoms with Gasteiger partial charge < -0.3 is 9.47 Å². The minimum atomic E-state index is -0.524. The number of carbonyl (C=O) groups excluding carboxylic acids is 1. The second-order valence-electron chi connectivity index (χ2n) is 3.59. The molecule has 0 fully saturated rings. The molecule has 2 rings (SSSR count). The average molecular weight is 246 g/mol. The summed E-state index contributed by atoms with van der Waals surface area (Å²) in [7, 11) is 1.52. The van der Waals surface area contributed by atoms with Crippen LogP contribution in [0.5, 0.6) is 17.2 Å². The highest BCUT2D eigenvalue weighted by molar-refractivity contribution is 5.75. The lowest BCUT2D eigenvalue weighted by Crippen LogP contribution is -1.92. The molecule has 0 aromatic heterocycles. The Labute approximate surface area is 104 Å². The number of aldehydes is 1. The van der Waals surface area contributed by atoms with Gasteiger partial charge in [0.2, 0.25) is 0 Å². The van der Waals surface area contributed by atoms with Gasteiger partial charge in [-0.2, -0.15) is 0 Å². The van der Waals surface area contributed by atoms with Crippen LogP contribution in [0.3, 0.4) is 0 Å². The summed E-state index contributed by atoms with van der Waals surface area (Å²) in [5.41, 5.74) is 0.222. The number of rotatable bonds is 4. The molecule has 18 heavy (non-hydrogen) atoms. The molecule has 0 atom stereocenters. The number of ether oxygens (including phenoxy) is 2. The lowest BCUT2D eigenvalue weighted by molar-refractivity contribution is 0.112. The van der Waals surface area contributed by atoms with Crippen molar-refractivity contribution in [3.8, 4) is 17.2 Å². The fourth-order valence-electron chi connectivity index (χ4n) is 1.54. The van der Waals surface area contributed by atoms with Gasteiger partial charge in [-0.1, -0.05) is 12.1 Å². The number of benzene rings is 2. The van der Waals surface area contributed by atoms with Crippen molar-refractivity contribution < 1.29 is 18.7 Å². The molecule has 3 nitrogen and oxygen atoms in total. The van der Waals surface area contributed by atoms with Crippen LogP contribution in [0.25, 0.3) is 0 Å². The molecule has 2 aromatic carbocycles. The molecule has 0 saturated heterocycles. The van der Waals surface area contributed by atoms with E-state index < -0.39 is 5.82 Å². The van der Waals surface area contributed by atoms with Crippen LogP contribution in [-0.4, -0.2) is 13.4 Å². The number of hydrogen-bond acceptors (Lipinski definition) is 3. The van der Waals surface area contributed by atoms with Gasteiger partial charge in [-0.05, 0) is 24.3 Å². The highest BCUT2D eigenvalue weighted by atomic mass is 19.1. The molecule has 4 heteroatoms. The van der Waals surface area contributed by atoms with Gasteiger partial charge in [-0.25, -0.2) is 4.39 Å². The minimum Gasteiger partial charge on any atom is -0.493 e. The Morgan fingerprint density at radius 2 is 1.83 bits per heavy atom. The second kappa shape index (κ2) is 5.31. The van der Waals surface area contributed by atoms with E-state index in [0.717, 1.165) is 6.07 Å². The summed E-state index contributed by atoms with van der Waals surface area (Å²) in [6.07, 6.45) is 0.568. The van der Waals surface area contributed by atoms with Crippen LogP contribution in [0.4, 0.5) is 4.39 Å². The Hall–Kier alpha value is -2.36. The van der Waals surface area contributed by atoms with Gasteiger partial charge in [-0.3, -0.25) is 4.79 Å². The first-order valence-electron chi connectivity index (χ1n) is 5.29. The first kappa shape index (κ1) is 12.1. The van der Waals surface area contributed by atoms with E-state index in [1.165, 1.54) is 19.2 Å². The number of methoxy groups -OCH3 is 1. The number of carbonyl (C=O) groups is 1. The van der Waals surface area contributed by atoms with Gasteiger partial charge in [0.15, 0.2) is 11.5 Å². The average Bonchev–Trinajstić information content (AvgIpc) is 2.38. The smallest absolute Gasteiger partial charge is 0.169 e. The summed E-state index contributed by atoms with van der Waals surface area (Å²) < 4.78 is 23.8. The Bertz CT molecular complexity index is 567. The molecule has 0 spiro atoms. The molecule has 2 aromatic rings. The van der Waals surface area contributed by atoms with Gasteiger partial charge in [0.25, 0.3) is 0 Å². The molecule has 0 aliphatic rings. The third kappa shape index (κ3) is 2.66. The first-order chi connectivity index (χ1) is 8.72. The van der Waals surface area contributed by atoms with E-state index in [9.17, 15) is 9.18 Å². The summed E-state index contributed by atoms with van der Waals surface area (Å²) >= 11 is 0. The highest BCUT2D eigenvalue weighted by Crippen LogP contribution is 2.31. The van der Waals surface area contributed by atoms with Crippen LogP contribution < -0.4 is 9.47 Å².